The summed E-state index contributed by atoms with van der Waals surface area (Å²) in [6.45, 7) is 3.67. The number of aryl methyl sites for hydroxylation is 1. The highest BCUT2D eigenvalue weighted by Gasteiger charge is 2.35. The van der Waals surface area contributed by atoms with Gasteiger partial charge in [-0.05, 0) is 25.5 Å². The third kappa shape index (κ3) is 4.19. The van der Waals surface area contributed by atoms with Crippen molar-refractivity contribution in [3.05, 3.63) is 29.8 Å². The molecule has 0 spiro atoms. The molecule has 0 unspecified atom stereocenters. The molecular formula is C13H18N2O5S. The largest absolute Gasteiger partial charge is 0.448 e. The van der Waals surface area contributed by atoms with Gasteiger partial charge in [0, 0.05) is 0 Å². The van der Waals surface area contributed by atoms with Gasteiger partial charge in [-0.25, -0.2) is 18.0 Å². The predicted molar refractivity (Wildman–Crippen MR) is 76.0 cm³/mol. The van der Waals surface area contributed by atoms with Gasteiger partial charge in [0.05, 0.1) is 11.5 Å². The molecule has 116 valence electrons. The monoisotopic (exact) mass is 314 g/mol. The highest BCUT2D eigenvalue weighted by atomic mass is 32.2. The van der Waals surface area contributed by atoms with Crippen LogP contribution >= 0.6 is 0 Å². The number of imide groups is 1. The molecule has 0 aromatic heterocycles. The summed E-state index contributed by atoms with van der Waals surface area (Å²) in [4.78, 5) is 22.9. The molecule has 0 saturated heterocycles. The smallest absolute Gasteiger partial charge is 0.432 e. The number of nitrogens with zero attached hydrogens (tertiary/aromatic N) is 1. The summed E-state index contributed by atoms with van der Waals surface area (Å²) in [6.07, 6.45) is 0.0221. The normalized spacial score (nSPS) is 11.0. The highest BCUT2D eigenvalue weighted by molar-refractivity contribution is 7.90. The average molecular weight is 314 g/mol. The number of amides is 3. The van der Waals surface area contributed by atoms with Gasteiger partial charge in [-0.2, -0.15) is 0 Å². The molecule has 21 heavy (non-hydrogen) atoms. The van der Waals surface area contributed by atoms with E-state index in [0.29, 0.717) is 6.42 Å². The van der Waals surface area contributed by atoms with Crippen molar-refractivity contribution in [2.45, 2.75) is 31.6 Å². The van der Waals surface area contributed by atoms with Crippen LogP contribution in [0.25, 0.3) is 0 Å². The van der Waals surface area contributed by atoms with Crippen LogP contribution in [0.4, 0.5) is 9.59 Å². The van der Waals surface area contributed by atoms with Gasteiger partial charge in [-0.1, -0.05) is 31.0 Å². The van der Waals surface area contributed by atoms with Gasteiger partial charge in [0.2, 0.25) is 0 Å². The van der Waals surface area contributed by atoms with Crippen LogP contribution < -0.4 is 5.73 Å². The lowest BCUT2D eigenvalue weighted by molar-refractivity contribution is 0.128. The Morgan fingerprint density at radius 3 is 2.29 bits per heavy atom. The number of urea groups is 1. The Balaban J connectivity index is 3.06. The standard InChI is InChI=1S/C13H18N2O5S/c1-3-4-9-20-13(17)15(12(14)16)21(18,19)11-7-5-10(2)6-8-11/h5-8H,3-4,9H2,1-2H3,(H2,14,16). The van der Waals surface area contributed by atoms with E-state index in [4.69, 9.17) is 10.5 Å². The maximum absolute atomic E-state index is 12.3. The number of ether oxygens (including phenoxy) is 1. The van der Waals surface area contributed by atoms with Crippen molar-refractivity contribution in [1.29, 1.82) is 0 Å². The fourth-order valence-corrected chi connectivity index (χ4v) is 2.66. The molecule has 1 rings (SSSR count). The maximum atomic E-state index is 12.3. The molecule has 0 saturated carbocycles. The summed E-state index contributed by atoms with van der Waals surface area (Å²) in [7, 11) is -4.37. The van der Waals surface area contributed by atoms with E-state index in [0.717, 1.165) is 12.0 Å². The molecular weight excluding hydrogens is 296 g/mol. The minimum Gasteiger partial charge on any atom is -0.448 e. The van der Waals surface area contributed by atoms with Gasteiger partial charge >= 0.3 is 12.1 Å². The Hall–Kier alpha value is -2.09. The minimum atomic E-state index is -4.37. The second-order valence-corrected chi connectivity index (χ2v) is 6.18. The van der Waals surface area contributed by atoms with Gasteiger partial charge in [0.15, 0.2) is 0 Å². The van der Waals surface area contributed by atoms with E-state index in [-0.39, 0.29) is 15.8 Å². The number of hydrogen-bond donors (Lipinski definition) is 1. The van der Waals surface area contributed by atoms with Crippen LogP contribution in [0, 0.1) is 6.92 Å². The zero-order valence-electron chi connectivity index (χ0n) is 11.9. The van der Waals surface area contributed by atoms with E-state index in [9.17, 15) is 18.0 Å². The van der Waals surface area contributed by atoms with Crippen LogP contribution in [-0.2, 0) is 14.8 Å². The lowest BCUT2D eigenvalue weighted by Gasteiger charge is -2.18. The topological polar surface area (TPSA) is 107 Å². The van der Waals surface area contributed by atoms with Crippen LogP contribution in [0.2, 0.25) is 0 Å². The number of carbonyl (C=O) groups excluding carboxylic acids is 2. The summed E-state index contributed by atoms with van der Waals surface area (Å²) >= 11 is 0. The molecule has 8 heteroatoms. The summed E-state index contributed by atoms with van der Waals surface area (Å²) < 4.78 is 29.2. The van der Waals surface area contributed by atoms with Crippen molar-refractivity contribution in [3.63, 3.8) is 0 Å². The Morgan fingerprint density at radius 1 is 1.24 bits per heavy atom. The lowest BCUT2D eigenvalue weighted by Crippen LogP contribution is -2.45. The summed E-state index contributed by atoms with van der Waals surface area (Å²) in [5, 5.41) is 0. The Kier molecular flexibility index (Phi) is 5.71. The number of nitrogens with two attached hydrogens (primary N) is 1. The maximum Gasteiger partial charge on any atom is 0.432 e. The number of unbranched alkanes of at least 4 members (excludes halogenated alkanes) is 1. The van der Waals surface area contributed by atoms with Crippen molar-refractivity contribution in [2.75, 3.05) is 6.61 Å². The molecule has 0 fully saturated rings. The molecule has 1 aromatic rings. The summed E-state index contributed by atoms with van der Waals surface area (Å²) in [5.74, 6) is 0. The van der Waals surface area contributed by atoms with Crippen molar-refractivity contribution < 1.29 is 22.7 Å². The van der Waals surface area contributed by atoms with E-state index in [1.54, 1.807) is 19.1 Å². The molecule has 0 heterocycles. The van der Waals surface area contributed by atoms with Crippen LogP contribution in [0.15, 0.2) is 29.2 Å². The second kappa shape index (κ2) is 7.07. The molecule has 1 aromatic carbocycles. The highest BCUT2D eigenvalue weighted by Crippen LogP contribution is 2.17. The third-order valence-electron chi connectivity index (χ3n) is 2.65. The Bertz CT molecular complexity index is 610. The zero-order valence-corrected chi connectivity index (χ0v) is 12.7. The lowest BCUT2D eigenvalue weighted by atomic mass is 10.2. The van der Waals surface area contributed by atoms with Crippen LogP contribution in [0.1, 0.15) is 25.3 Å². The molecule has 0 aliphatic carbocycles. The molecule has 0 atom stereocenters. The molecule has 2 N–H and O–H groups in total. The number of benzene rings is 1. The fourth-order valence-electron chi connectivity index (χ4n) is 1.48. The van der Waals surface area contributed by atoms with E-state index in [2.05, 4.69) is 0 Å². The van der Waals surface area contributed by atoms with Crippen molar-refractivity contribution >= 4 is 22.1 Å². The summed E-state index contributed by atoms with van der Waals surface area (Å²) in [5.41, 5.74) is 5.84. The molecule has 3 amide bonds. The Labute approximate surface area is 123 Å². The van der Waals surface area contributed by atoms with E-state index >= 15 is 0 Å². The number of carbonyl (C=O) groups is 2. The van der Waals surface area contributed by atoms with Crippen LogP contribution in [0.3, 0.4) is 0 Å². The van der Waals surface area contributed by atoms with Crippen LogP contribution in [-0.4, -0.2) is 31.5 Å². The molecule has 7 nitrogen and oxygen atoms in total. The van der Waals surface area contributed by atoms with Crippen molar-refractivity contribution in [3.8, 4) is 0 Å². The van der Waals surface area contributed by atoms with E-state index in [1.165, 1.54) is 12.1 Å². The van der Waals surface area contributed by atoms with Crippen molar-refractivity contribution in [1.82, 2.24) is 4.31 Å². The first kappa shape index (κ1) is 17.0. The summed E-state index contributed by atoms with van der Waals surface area (Å²) in [6, 6.07) is 4.28. The fraction of sp³-hybridized carbons (Fsp3) is 0.385. The molecule has 0 aliphatic rings. The predicted octanol–water partition coefficient (Wildman–Crippen LogP) is 2.00. The van der Waals surface area contributed by atoms with Gasteiger partial charge in [-0.15, -0.1) is 4.31 Å². The zero-order chi connectivity index (χ0) is 16.0. The second-order valence-electron chi connectivity index (χ2n) is 4.39. The van der Waals surface area contributed by atoms with Crippen LogP contribution in [0.5, 0.6) is 0 Å². The molecule has 0 bridgehead atoms. The van der Waals surface area contributed by atoms with Crippen molar-refractivity contribution in [2.24, 2.45) is 5.73 Å². The SMILES string of the molecule is CCCCOC(=O)N(C(N)=O)S(=O)(=O)c1ccc(C)cc1. The first-order valence-electron chi connectivity index (χ1n) is 6.39. The van der Waals surface area contributed by atoms with Gasteiger partial charge < -0.3 is 10.5 Å². The third-order valence-corrected chi connectivity index (χ3v) is 4.33. The first-order valence-corrected chi connectivity index (χ1v) is 7.83. The molecule has 0 radical (unpaired) electrons. The quantitative estimate of drug-likeness (QED) is 0.836. The minimum absolute atomic E-state index is 0.0164. The Morgan fingerprint density at radius 2 is 1.81 bits per heavy atom. The number of primary amides is 1. The van der Waals surface area contributed by atoms with E-state index in [1.807, 2.05) is 6.92 Å². The molecule has 0 aliphatic heterocycles. The number of rotatable bonds is 5. The first-order chi connectivity index (χ1) is 9.80. The van der Waals surface area contributed by atoms with Gasteiger partial charge in [-0.3, -0.25) is 0 Å². The van der Waals surface area contributed by atoms with E-state index < -0.39 is 22.1 Å². The average Bonchev–Trinajstić information content (AvgIpc) is 2.38. The number of sulfonamides is 1. The van der Waals surface area contributed by atoms with Gasteiger partial charge in [0.1, 0.15) is 0 Å². The van der Waals surface area contributed by atoms with Gasteiger partial charge in [0.25, 0.3) is 10.0 Å². The number of hydrogen-bond acceptors (Lipinski definition) is 5.